The fraction of sp³-hybridized carbons (Fsp3) is 0.429. The average Bonchev–Trinajstić information content (AvgIpc) is 2.35. The van der Waals surface area contributed by atoms with Gasteiger partial charge in [0.1, 0.15) is 0 Å². The Morgan fingerprint density at radius 3 is 2.78 bits per heavy atom. The Morgan fingerprint density at radius 2 is 2.11 bits per heavy atom. The summed E-state index contributed by atoms with van der Waals surface area (Å²) >= 11 is 1.64. The van der Waals surface area contributed by atoms with Gasteiger partial charge in [-0.15, -0.1) is 0 Å². The fourth-order valence-electron chi connectivity index (χ4n) is 1.42. The topological polar surface area (TPSA) is 46.2 Å². The summed E-state index contributed by atoms with van der Waals surface area (Å²) in [5, 5.41) is 2.80. The molecule has 0 aliphatic heterocycles. The van der Waals surface area contributed by atoms with Crippen LogP contribution in [0.5, 0.6) is 0 Å². The number of carbonyl (C=O) groups is 2. The number of Topliss-reactive ketones (excluding diaryl/α,β-unsaturated/α-hetero) is 1. The van der Waals surface area contributed by atoms with Crippen LogP contribution in [0.15, 0.2) is 24.3 Å². The van der Waals surface area contributed by atoms with Crippen molar-refractivity contribution in [3.63, 3.8) is 0 Å². The zero-order valence-corrected chi connectivity index (χ0v) is 11.7. The molecule has 98 valence electrons. The predicted molar refractivity (Wildman–Crippen MR) is 77.3 cm³/mol. The average molecular weight is 265 g/mol. The standard InChI is InChI=1S/C14H19NO2S/c1-3-4-8-18-10-14(17)15-13-7-5-6-12(9-13)11(2)16/h5-7,9H,3-4,8,10H2,1-2H3,(H,15,17). The smallest absolute Gasteiger partial charge is 0.234 e. The minimum absolute atomic E-state index is 0.00317. The summed E-state index contributed by atoms with van der Waals surface area (Å²) in [6.45, 7) is 3.65. The van der Waals surface area contributed by atoms with Crippen LogP contribution in [-0.2, 0) is 4.79 Å². The highest BCUT2D eigenvalue weighted by Crippen LogP contribution is 2.12. The highest BCUT2D eigenvalue weighted by Gasteiger charge is 2.04. The Morgan fingerprint density at radius 1 is 1.33 bits per heavy atom. The van der Waals surface area contributed by atoms with E-state index in [2.05, 4.69) is 12.2 Å². The van der Waals surface area contributed by atoms with Gasteiger partial charge < -0.3 is 5.32 Å². The van der Waals surface area contributed by atoms with E-state index in [1.165, 1.54) is 6.92 Å². The van der Waals surface area contributed by atoms with Crippen LogP contribution in [0.3, 0.4) is 0 Å². The van der Waals surface area contributed by atoms with Crippen LogP contribution < -0.4 is 5.32 Å². The predicted octanol–water partition coefficient (Wildman–Crippen LogP) is 3.36. The number of amides is 1. The van der Waals surface area contributed by atoms with E-state index in [9.17, 15) is 9.59 Å². The van der Waals surface area contributed by atoms with Crippen LogP contribution in [0.25, 0.3) is 0 Å². The van der Waals surface area contributed by atoms with E-state index in [1.807, 2.05) is 0 Å². The molecule has 0 aliphatic carbocycles. The van der Waals surface area contributed by atoms with Gasteiger partial charge in [-0.2, -0.15) is 11.8 Å². The van der Waals surface area contributed by atoms with Crippen molar-refractivity contribution >= 4 is 29.1 Å². The normalized spacial score (nSPS) is 10.1. The molecular formula is C14H19NO2S. The molecule has 0 saturated carbocycles. The first kappa shape index (κ1) is 14.8. The van der Waals surface area contributed by atoms with Crippen molar-refractivity contribution in [1.29, 1.82) is 0 Å². The maximum atomic E-state index is 11.6. The molecule has 18 heavy (non-hydrogen) atoms. The summed E-state index contributed by atoms with van der Waals surface area (Å²) in [6, 6.07) is 7.02. The number of nitrogens with one attached hydrogen (secondary N) is 1. The van der Waals surface area contributed by atoms with Crippen molar-refractivity contribution in [3.05, 3.63) is 29.8 Å². The summed E-state index contributed by atoms with van der Waals surface area (Å²) in [5.41, 5.74) is 1.30. The highest BCUT2D eigenvalue weighted by atomic mass is 32.2. The summed E-state index contributed by atoms with van der Waals surface area (Å²) in [7, 11) is 0. The van der Waals surface area contributed by atoms with Gasteiger partial charge in [-0.05, 0) is 31.2 Å². The molecule has 0 radical (unpaired) electrons. The van der Waals surface area contributed by atoms with Crippen molar-refractivity contribution in [2.75, 3.05) is 16.8 Å². The minimum atomic E-state index is -0.0168. The first-order valence-corrected chi connectivity index (χ1v) is 7.27. The number of carbonyl (C=O) groups excluding carboxylic acids is 2. The van der Waals surface area contributed by atoms with Gasteiger partial charge in [0.15, 0.2) is 5.78 Å². The van der Waals surface area contributed by atoms with E-state index in [4.69, 9.17) is 0 Å². The number of ketones is 1. The Balaban J connectivity index is 2.44. The van der Waals surface area contributed by atoms with E-state index in [0.29, 0.717) is 17.0 Å². The molecule has 0 saturated heterocycles. The second-order valence-corrected chi connectivity index (χ2v) is 5.20. The molecular weight excluding hydrogens is 246 g/mol. The van der Waals surface area contributed by atoms with Gasteiger partial charge >= 0.3 is 0 Å². The Kier molecular flexibility index (Phi) is 6.50. The number of hydrogen-bond acceptors (Lipinski definition) is 3. The van der Waals surface area contributed by atoms with Crippen LogP contribution in [0.2, 0.25) is 0 Å². The second kappa shape index (κ2) is 7.93. The van der Waals surface area contributed by atoms with Gasteiger partial charge in [0.05, 0.1) is 5.75 Å². The van der Waals surface area contributed by atoms with E-state index in [-0.39, 0.29) is 11.7 Å². The second-order valence-electron chi connectivity index (χ2n) is 4.09. The van der Waals surface area contributed by atoms with E-state index in [0.717, 1.165) is 18.6 Å². The molecule has 1 rings (SSSR count). The van der Waals surface area contributed by atoms with Crippen LogP contribution in [-0.4, -0.2) is 23.2 Å². The lowest BCUT2D eigenvalue weighted by Gasteiger charge is -2.06. The summed E-state index contributed by atoms with van der Waals surface area (Å²) in [5.74, 6) is 1.46. The summed E-state index contributed by atoms with van der Waals surface area (Å²) in [4.78, 5) is 22.9. The third-order valence-electron chi connectivity index (χ3n) is 2.43. The minimum Gasteiger partial charge on any atom is -0.325 e. The van der Waals surface area contributed by atoms with Crippen molar-refractivity contribution in [3.8, 4) is 0 Å². The highest BCUT2D eigenvalue weighted by molar-refractivity contribution is 7.99. The molecule has 0 atom stereocenters. The van der Waals surface area contributed by atoms with Gasteiger partial charge in [-0.1, -0.05) is 25.5 Å². The van der Waals surface area contributed by atoms with Gasteiger partial charge in [0, 0.05) is 11.3 Å². The number of benzene rings is 1. The molecule has 1 aromatic rings. The lowest BCUT2D eigenvalue weighted by atomic mass is 10.1. The number of rotatable bonds is 7. The van der Waals surface area contributed by atoms with E-state index in [1.54, 1.807) is 36.0 Å². The first-order chi connectivity index (χ1) is 8.63. The van der Waals surface area contributed by atoms with Crippen molar-refractivity contribution < 1.29 is 9.59 Å². The molecule has 0 bridgehead atoms. The number of unbranched alkanes of at least 4 members (excludes halogenated alkanes) is 1. The molecule has 0 spiro atoms. The SMILES string of the molecule is CCCCSCC(=O)Nc1cccc(C(C)=O)c1. The first-order valence-electron chi connectivity index (χ1n) is 6.12. The van der Waals surface area contributed by atoms with Gasteiger partial charge in [-0.3, -0.25) is 9.59 Å². The number of thioether (sulfide) groups is 1. The molecule has 1 amide bonds. The largest absolute Gasteiger partial charge is 0.325 e. The number of anilines is 1. The Labute approximate surface area is 112 Å². The monoisotopic (exact) mass is 265 g/mol. The number of hydrogen-bond donors (Lipinski definition) is 1. The van der Waals surface area contributed by atoms with Crippen molar-refractivity contribution in [2.24, 2.45) is 0 Å². The maximum Gasteiger partial charge on any atom is 0.234 e. The molecule has 1 aromatic carbocycles. The molecule has 0 aliphatic rings. The van der Waals surface area contributed by atoms with Crippen LogP contribution in [0.4, 0.5) is 5.69 Å². The third-order valence-corrected chi connectivity index (χ3v) is 3.47. The maximum absolute atomic E-state index is 11.6. The molecule has 0 aromatic heterocycles. The molecule has 3 nitrogen and oxygen atoms in total. The van der Waals surface area contributed by atoms with Gasteiger partial charge in [-0.25, -0.2) is 0 Å². The zero-order chi connectivity index (χ0) is 13.4. The Hall–Kier alpha value is -1.29. The van der Waals surface area contributed by atoms with Gasteiger partial charge in [0.25, 0.3) is 0 Å². The molecule has 0 unspecified atom stereocenters. The van der Waals surface area contributed by atoms with Crippen molar-refractivity contribution in [1.82, 2.24) is 0 Å². The van der Waals surface area contributed by atoms with E-state index < -0.39 is 0 Å². The quantitative estimate of drug-likeness (QED) is 0.607. The Bertz CT molecular complexity index is 418. The molecule has 1 N–H and O–H groups in total. The fourth-order valence-corrected chi connectivity index (χ4v) is 2.32. The van der Waals surface area contributed by atoms with Crippen LogP contribution in [0, 0.1) is 0 Å². The molecule has 0 fully saturated rings. The van der Waals surface area contributed by atoms with Crippen molar-refractivity contribution in [2.45, 2.75) is 26.7 Å². The third kappa shape index (κ3) is 5.36. The van der Waals surface area contributed by atoms with Crippen LogP contribution >= 0.6 is 11.8 Å². The van der Waals surface area contributed by atoms with Gasteiger partial charge in [0.2, 0.25) is 5.91 Å². The summed E-state index contributed by atoms with van der Waals surface area (Å²) in [6.07, 6.45) is 2.28. The molecule has 4 heteroatoms. The van der Waals surface area contributed by atoms with E-state index >= 15 is 0 Å². The lowest BCUT2D eigenvalue weighted by molar-refractivity contribution is -0.113. The lowest BCUT2D eigenvalue weighted by Crippen LogP contribution is -2.14. The molecule has 0 heterocycles. The van der Waals surface area contributed by atoms with Crippen LogP contribution in [0.1, 0.15) is 37.0 Å². The summed E-state index contributed by atoms with van der Waals surface area (Å²) < 4.78 is 0. The zero-order valence-electron chi connectivity index (χ0n) is 10.9.